The average Bonchev–Trinajstić information content (AvgIpc) is 2.28. The second-order valence-corrected chi connectivity index (χ2v) is 5.49. The van der Waals surface area contributed by atoms with Crippen molar-refractivity contribution >= 4 is 0 Å². The molecule has 0 aromatic rings. The van der Waals surface area contributed by atoms with Crippen LogP contribution in [-0.2, 0) is 0 Å². The summed E-state index contributed by atoms with van der Waals surface area (Å²) >= 11 is 0. The smallest absolute Gasteiger partial charge is 0.0235 e. The summed E-state index contributed by atoms with van der Waals surface area (Å²) in [5.74, 6) is 5.64. The standard InChI is InChI=1S/C13H28N4/c1-11(2)5-6-12(15-14)9-13-10-16(3)7-8-17(13)4/h12-13,15H,1,5-10,14H2,2-4H3. The van der Waals surface area contributed by atoms with E-state index in [2.05, 4.69) is 42.8 Å². The van der Waals surface area contributed by atoms with Crippen LogP contribution < -0.4 is 11.3 Å². The Labute approximate surface area is 106 Å². The lowest BCUT2D eigenvalue weighted by atomic mass is 9.99. The van der Waals surface area contributed by atoms with Gasteiger partial charge in [0.25, 0.3) is 0 Å². The second kappa shape index (κ2) is 7.11. The molecule has 4 nitrogen and oxygen atoms in total. The Morgan fingerprint density at radius 2 is 2.18 bits per heavy atom. The highest BCUT2D eigenvalue weighted by atomic mass is 15.3. The predicted octanol–water partition coefficient (Wildman–Crippen LogP) is 0.811. The number of rotatable bonds is 6. The number of nitrogens with zero attached hydrogens (tertiary/aromatic N) is 2. The molecule has 0 aromatic heterocycles. The lowest BCUT2D eigenvalue weighted by Crippen LogP contribution is -2.52. The van der Waals surface area contributed by atoms with Gasteiger partial charge >= 0.3 is 0 Å². The molecule has 2 atom stereocenters. The van der Waals surface area contributed by atoms with Gasteiger partial charge in [-0.1, -0.05) is 5.57 Å². The van der Waals surface area contributed by atoms with Crippen LogP contribution in [0.3, 0.4) is 0 Å². The van der Waals surface area contributed by atoms with Crippen molar-refractivity contribution in [1.82, 2.24) is 15.2 Å². The van der Waals surface area contributed by atoms with E-state index in [1.165, 1.54) is 12.1 Å². The number of nitrogens with two attached hydrogens (primary N) is 1. The largest absolute Gasteiger partial charge is 0.304 e. The van der Waals surface area contributed by atoms with Crippen molar-refractivity contribution in [3.8, 4) is 0 Å². The van der Waals surface area contributed by atoms with Crippen molar-refractivity contribution in [2.24, 2.45) is 5.84 Å². The molecule has 1 aliphatic rings. The first-order chi connectivity index (χ1) is 8.02. The van der Waals surface area contributed by atoms with Crippen LogP contribution in [0.4, 0.5) is 0 Å². The van der Waals surface area contributed by atoms with E-state index in [4.69, 9.17) is 5.84 Å². The van der Waals surface area contributed by atoms with Gasteiger partial charge in [-0.15, -0.1) is 6.58 Å². The van der Waals surface area contributed by atoms with Gasteiger partial charge in [-0.2, -0.15) is 0 Å². The maximum absolute atomic E-state index is 5.64. The Morgan fingerprint density at radius 3 is 2.76 bits per heavy atom. The van der Waals surface area contributed by atoms with Gasteiger partial charge in [0.2, 0.25) is 0 Å². The Hall–Kier alpha value is -0.420. The van der Waals surface area contributed by atoms with Crippen LogP contribution in [0.5, 0.6) is 0 Å². The van der Waals surface area contributed by atoms with Crippen LogP contribution in [0.25, 0.3) is 0 Å². The van der Waals surface area contributed by atoms with Gasteiger partial charge in [-0.05, 0) is 40.3 Å². The highest BCUT2D eigenvalue weighted by Crippen LogP contribution is 2.15. The highest BCUT2D eigenvalue weighted by molar-refractivity contribution is 4.90. The Balaban J connectivity index is 2.40. The third kappa shape index (κ3) is 5.17. The number of nitrogens with one attached hydrogen (secondary N) is 1. The molecule has 0 aliphatic carbocycles. The van der Waals surface area contributed by atoms with E-state index in [1.54, 1.807) is 0 Å². The van der Waals surface area contributed by atoms with E-state index in [9.17, 15) is 0 Å². The summed E-state index contributed by atoms with van der Waals surface area (Å²) in [7, 11) is 4.41. The summed E-state index contributed by atoms with van der Waals surface area (Å²) in [4.78, 5) is 4.85. The molecule has 0 aromatic carbocycles. The summed E-state index contributed by atoms with van der Waals surface area (Å²) in [5.41, 5.74) is 4.19. The summed E-state index contributed by atoms with van der Waals surface area (Å²) < 4.78 is 0. The minimum Gasteiger partial charge on any atom is -0.304 e. The zero-order valence-electron chi connectivity index (χ0n) is 11.6. The van der Waals surface area contributed by atoms with E-state index >= 15 is 0 Å². The van der Waals surface area contributed by atoms with E-state index < -0.39 is 0 Å². The highest BCUT2D eigenvalue weighted by Gasteiger charge is 2.24. The van der Waals surface area contributed by atoms with Gasteiger partial charge in [-0.25, -0.2) is 0 Å². The van der Waals surface area contributed by atoms with E-state index in [-0.39, 0.29) is 0 Å². The number of hydrogen-bond donors (Lipinski definition) is 2. The molecular formula is C13H28N4. The third-order valence-corrected chi connectivity index (χ3v) is 3.69. The minimum absolute atomic E-state index is 0.394. The van der Waals surface area contributed by atoms with Gasteiger partial charge in [-0.3, -0.25) is 11.3 Å². The van der Waals surface area contributed by atoms with E-state index in [0.29, 0.717) is 12.1 Å². The molecule has 2 unspecified atom stereocenters. The van der Waals surface area contributed by atoms with Gasteiger partial charge < -0.3 is 9.80 Å². The topological polar surface area (TPSA) is 44.5 Å². The number of hydrazine groups is 1. The number of hydrogen-bond acceptors (Lipinski definition) is 4. The van der Waals surface area contributed by atoms with Crippen LogP contribution >= 0.6 is 0 Å². The summed E-state index contributed by atoms with van der Waals surface area (Å²) in [6.45, 7) is 9.48. The zero-order chi connectivity index (χ0) is 12.8. The van der Waals surface area contributed by atoms with Gasteiger partial charge in [0.15, 0.2) is 0 Å². The maximum atomic E-state index is 5.64. The molecular weight excluding hydrogens is 212 g/mol. The van der Waals surface area contributed by atoms with E-state index in [1.807, 2.05) is 0 Å². The Kier molecular flexibility index (Phi) is 6.12. The lowest BCUT2D eigenvalue weighted by Gasteiger charge is -2.39. The molecule has 1 heterocycles. The van der Waals surface area contributed by atoms with Crippen molar-refractivity contribution in [3.63, 3.8) is 0 Å². The first kappa shape index (κ1) is 14.6. The summed E-state index contributed by atoms with van der Waals surface area (Å²) in [5, 5.41) is 0. The first-order valence-corrected chi connectivity index (χ1v) is 6.52. The molecule has 4 heteroatoms. The van der Waals surface area contributed by atoms with Crippen LogP contribution in [0, 0.1) is 0 Å². The number of allylic oxidation sites excluding steroid dienone is 1. The molecule has 1 aliphatic heterocycles. The fourth-order valence-corrected chi connectivity index (χ4v) is 2.37. The fourth-order valence-electron chi connectivity index (χ4n) is 2.37. The normalized spacial score (nSPS) is 24.8. The van der Waals surface area contributed by atoms with E-state index in [0.717, 1.165) is 32.4 Å². The van der Waals surface area contributed by atoms with Crippen LogP contribution in [-0.4, -0.2) is 55.6 Å². The second-order valence-electron chi connectivity index (χ2n) is 5.49. The molecule has 0 saturated carbocycles. The molecule has 1 saturated heterocycles. The predicted molar refractivity (Wildman–Crippen MR) is 73.7 cm³/mol. The monoisotopic (exact) mass is 240 g/mol. The van der Waals surface area contributed by atoms with Crippen molar-refractivity contribution in [1.29, 1.82) is 0 Å². The molecule has 0 spiro atoms. The Bertz CT molecular complexity index is 242. The average molecular weight is 240 g/mol. The van der Waals surface area contributed by atoms with Crippen LogP contribution in [0.15, 0.2) is 12.2 Å². The molecule has 0 amide bonds. The zero-order valence-corrected chi connectivity index (χ0v) is 11.6. The van der Waals surface area contributed by atoms with Crippen LogP contribution in [0.2, 0.25) is 0 Å². The minimum atomic E-state index is 0.394. The van der Waals surface area contributed by atoms with Gasteiger partial charge in [0.1, 0.15) is 0 Å². The molecule has 3 N–H and O–H groups in total. The Morgan fingerprint density at radius 1 is 1.47 bits per heavy atom. The molecule has 100 valence electrons. The van der Waals surface area contributed by atoms with Crippen molar-refractivity contribution in [3.05, 3.63) is 12.2 Å². The van der Waals surface area contributed by atoms with Crippen molar-refractivity contribution in [2.75, 3.05) is 33.7 Å². The maximum Gasteiger partial charge on any atom is 0.0235 e. The SMILES string of the molecule is C=C(C)CCC(CC1CN(C)CCN1C)NN. The molecule has 1 fully saturated rings. The first-order valence-electron chi connectivity index (χ1n) is 6.52. The molecule has 1 rings (SSSR count). The van der Waals surface area contributed by atoms with Gasteiger partial charge in [0.05, 0.1) is 0 Å². The van der Waals surface area contributed by atoms with Crippen molar-refractivity contribution < 1.29 is 0 Å². The summed E-state index contributed by atoms with van der Waals surface area (Å²) in [6.07, 6.45) is 3.26. The van der Waals surface area contributed by atoms with Crippen LogP contribution in [0.1, 0.15) is 26.2 Å². The quantitative estimate of drug-likeness (QED) is 0.410. The number of piperazine rings is 1. The fraction of sp³-hybridized carbons (Fsp3) is 0.846. The molecule has 0 bridgehead atoms. The van der Waals surface area contributed by atoms with Crippen molar-refractivity contribution in [2.45, 2.75) is 38.3 Å². The summed E-state index contributed by atoms with van der Waals surface area (Å²) in [6, 6.07) is 1.01. The lowest BCUT2D eigenvalue weighted by molar-refractivity contribution is 0.100. The molecule has 17 heavy (non-hydrogen) atoms. The molecule has 0 radical (unpaired) electrons. The van der Waals surface area contributed by atoms with Gasteiger partial charge in [0, 0.05) is 31.7 Å². The number of likely N-dealkylation sites (N-methyl/N-ethyl adjacent to an activating group) is 2. The third-order valence-electron chi connectivity index (χ3n) is 3.69.